The summed E-state index contributed by atoms with van der Waals surface area (Å²) in [6.07, 6.45) is 2.32. The highest BCUT2D eigenvalue weighted by atomic mass is 32.1. The first-order valence-electron chi connectivity index (χ1n) is 10.5. The highest BCUT2D eigenvalue weighted by Crippen LogP contribution is 2.46. The minimum Gasteiger partial charge on any atom is -0.347 e. The van der Waals surface area contributed by atoms with E-state index in [1.807, 2.05) is 34.6 Å². The molecule has 1 aromatic heterocycles. The average Bonchev–Trinajstić information content (AvgIpc) is 3.25. The zero-order chi connectivity index (χ0) is 23.6. The third kappa shape index (κ3) is 4.15. The zero-order valence-corrected chi connectivity index (χ0v) is 19.5. The van der Waals surface area contributed by atoms with Gasteiger partial charge in [-0.05, 0) is 71.6 Å². The van der Waals surface area contributed by atoms with Crippen LogP contribution in [0.5, 0.6) is 0 Å². The van der Waals surface area contributed by atoms with Gasteiger partial charge in [0, 0.05) is 27.1 Å². The molecule has 0 unspecified atom stereocenters. The summed E-state index contributed by atoms with van der Waals surface area (Å²) in [7, 11) is 0. The first-order chi connectivity index (χ1) is 14.7. The molecule has 4 rings (SSSR count). The molecule has 1 saturated carbocycles. The molecular formula is C23H26F3N3O2S. The van der Waals surface area contributed by atoms with Crippen LogP contribution in [0.3, 0.4) is 0 Å². The fourth-order valence-electron chi connectivity index (χ4n) is 4.37. The van der Waals surface area contributed by atoms with E-state index >= 15 is 0 Å². The molecule has 2 amide bonds. The van der Waals surface area contributed by atoms with Gasteiger partial charge in [0.2, 0.25) is 0 Å². The zero-order valence-electron chi connectivity index (χ0n) is 18.6. The van der Waals surface area contributed by atoms with Crippen molar-refractivity contribution in [2.45, 2.75) is 70.5 Å². The minimum atomic E-state index is -1.64. The number of amides is 2. The second kappa shape index (κ2) is 7.31. The van der Waals surface area contributed by atoms with Crippen molar-refractivity contribution in [3.05, 3.63) is 51.2 Å². The van der Waals surface area contributed by atoms with Gasteiger partial charge in [0.1, 0.15) is 5.00 Å². The van der Waals surface area contributed by atoms with Crippen LogP contribution in [0.15, 0.2) is 12.1 Å². The Morgan fingerprint density at radius 2 is 1.59 bits per heavy atom. The predicted molar refractivity (Wildman–Crippen MR) is 118 cm³/mol. The Labute approximate surface area is 188 Å². The summed E-state index contributed by atoms with van der Waals surface area (Å²) in [6, 6.07) is 1.28. The van der Waals surface area contributed by atoms with Crippen molar-refractivity contribution in [2.24, 2.45) is 0 Å². The number of carbonyl (C=O) groups excluding carboxylic acids is 2. The molecule has 9 heteroatoms. The summed E-state index contributed by atoms with van der Waals surface area (Å²) in [4.78, 5) is 27.0. The molecule has 0 saturated heterocycles. The molecule has 2 aliphatic rings. The molecular weight excluding hydrogens is 439 g/mol. The molecule has 1 aromatic carbocycles. The number of carbonyl (C=O) groups is 2. The van der Waals surface area contributed by atoms with Gasteiger partial charge in [0.05, 0.1) is 5.56 Å². The molecule has 32 heavy (non-hydrogen) atoms. The Balaban J connectivity index is 1.77. The van der Waals surface area contributed by atoms with Gasteiger partial charge in [-0.25, -0.2) is 13.2 Å². The van der Waals surface area contributed by atoms with Gasteiger partial charge in [-0.15, -0.1) is 11.3 Å². The molecule has 172 valence electrons. The van der Waals surface area contributed by atoms with Gasteiger partial charge in [0.25, 0.3) is 11.8 Å². The van der Waals surface area contributed by atoms with Crippen LogP contribution in [0, 0.1) is 17.5 Å². The van der Waals surface area contributed by atoms with E-state index in [9.17, 15) is 22.8 Å². The van der Waals surface area contributed by atoms with Crippen molar-refractivity contribution in [2.75, 3.05) is 5.32 Å². The molecule has 0 bridgehead atoms. The van der Waals surface area contributed by atoms with Crippen LogP contribution >= 0.6 is 11.3 Å². The lowest BCUT2D eigenvalue weighted by atomic mass is 9.81. The number of halogens is 3. The van der Waals surface area contributed by atoms with E-state index in [-0.39, 0.29) is 22.5 Å². The van der Waals surface area contributed by atoms with Crippen LogP contribution in [-0.4, -0.2) is 22.9 Å². The molecule has 5 nitrogen and oxygen atoms in total. The van der Waals surface area contributed by atoms with E-state index in [2.05, 4.69) is 16.0 Å². The second-order valence-electron chi connectivity index (χ2n) is 10.1. The molecule has 2 heterocycles. The van der Waals surface area contributed by atoms with Gasteiger partial charge in [0.15, 0.2) is 17.5 Å². The Bertz CT molecular complexity index is 1110. The van der Waals surface area contributed by atoms with Crippen molar-refractivity contribution in [3.63, 3.8) is 0 Å². The average molecular weight is 466 g/mol. The number of hydrogen-bond acceptors (Lipinski definition) is 4. The normalized spacial score (nSPS) is 19.8. The Kier molecular flexibility index (Phi) is 5.21. The number of rotatable bonds is 4. The minimum absolute atomic E-state index is 0.269. The lowest BCUT2D eigenvalue weighted by Crippen LogP contribution is -2.55. The topological polar surface area (TPSA) is 70.2 Å². The van der Waals surface area contributed by atoms with Gasteiger partial charge in [-0.1, -0.05) is 0 Å². The van der Waals surface area contributed by atoms with Gasteiger partial charge < -0.3 is 16.0 Å². The molecule has 1 fully saturated rings. The van der Waals surface area contributed by atoms with Crippen molar-refractivity contribution < 1.29 is 22.8 Å². The summed E-state index contributed by atoms with van der Waals surface area (Å²) < 4.78 is 40.6. The van der Waals surface area contributed by atoms with E-state index in [1.165, 1.54) is 11.3 Å². The van der Waals surface area contributed by atoms with E-state index < -0.39 is 28.9 Å². The van der Waals surface area contributed by atoms with Crippen molar-refractivity contribution in [1.82, 2.24) is 10.6 Å². The highest BCUT2D eigenvalue weighted by Gasteiger charge is 2.44. The molecule has 1 aliphatic carbocycles. The summed E-state index contributed by atoms with van der Waals surface area (Å²) >= 11 is 1.26. The molecule has 2 aromatic rings. The first-order valence-corrected chi connectivity index (χ1v) is 11.3. The first kappa shape index (κ1) is 22.8. The molecule has 3 N–H and O–H groups in total. The van der Waals surface area contributed by atoms with E-state index in [0.717, 1.165) is 23.3 Å². The van der Waals surface area contributed by atoms with Crippen LogP contribution in [-0.2, 0) is 12.0 Å². The number of thiophene rings is 1. The number of benzene rings is 1. The lowest BCUT2D eigenvalue weighted by Gasteiger charge is -2.42. The third-order valence-electron chi connectivity index (χ3n) is 5.96. The number of hydrogen-bond donors (Lipinski definition) is 3. The molecule has 0 radical (unpaired) electrons. The highest BCUT2D eigenvalue weighted by molar-refractivity contribution is 7.17. The largest absolute Gasteiger partial charge is 0.347 e. The number of anilines is 1. The predicted octanol–water partition coefficient (Wildman–Crippen LogP) is 4.86. The van der Waals surface area contributed by atoms with Gasteiger partial charge >= 0.3 is 0 Å². The smallest absolute Gasteiger partial charge is 0.256 e. The Morgan fingerprint density at radius 3 is 2.16 bits per heavy atom. The van der Waals surface area contributed by atoms with E-state index in [4.69, 9.17) is 0 Å². The summed E-state index contributed by atoms with van der Waals surface area (Å²) in [5.41, 5.74) is -0.174. The van der Waals surface area contributed by atoms with Crippen LogP contribution in [0.4, 0.5) is 18.2 Å². The van der Waals surface area contributed by atoms with Gasteiger partial charge in [-0.2, -0.15) is 0 Å². The van der Waals surface area contributed by atoms with Crippen LogP contribution in [0.1, 0.15) is 78.6 Å². The quantitative estimate of drug-likeness (QED) is 0.565. The second-order valence-corrected chi connectivity index (χ2v) is 11.2. The maximum atomic E-state index is 13.6. The van der Waals surface area contributed by atoms with E-state index in [1.54, 1.807) is 0 Å². The number of fused-ring (bicyclic) bond motifs is 1. The Hall–Kier alpha value is -2.39. The maximum absolute atomic E-state index is 13.6. The fraction of sp³-hybridized carbons (Fsp3) is 0.478. The van der Waals surface area contributed by atoms with Gasteiger partial charge in [-0.3, -0.25) is 9.59 Å². The third-order valence-corrected chi connectivity index (χ3v) is 7.43. The van der Waals surface area contributed by atoms with E-state index in [0.29, 0.717) is 29.1 Å². The fourth-order valence-corrected chi connectivity index (χ4v) is 5.64. The summed E-state index contributed by atoms with van der Waals surface area (Å²) in [6.45, 7) is 10.1. The van der Waals surface area contributed by atoms with Crippen LogP contribution < -0.4 is 16.0 Å². The van der Waals surface area contributed by atoms with Crippen LogP contribution in [0.2, 0.25) is 0 Å². The Morgan fingerprint density at radius 1 is 1.00 bits per heavy atom. The molecule has 0 spiro atoms. The summed E-state index contributed by atoms with van der Waals surface area (Å²) in [5.74, 6) is -5.65. The summed E-state index contributed by atoms with van der Waals surface area (Å²) in [5, 5.41) is 9.55. The number of nitrogens with one attached hydrogen (secondary N) is 3. The SMILES string of the molecule is CC1(C)Cc2c(sc(NC(=O)c3cc(F)c(F)c(F)c3)c2C(=O)NC2(C)CC2)C(C)(C)N1. The van der Waals surface area contributed by atoms with Crippen LogP contribution in [0.25, 0.3) is 0 Å². The molecule has 1 aliphatic heterocycles. The van der Waals surface area contributed by atoms with Crippen molar-refractivity contribution in [3.8, 4) is 0 Å². The molecule has 0 atom stereocenters. The maximum Gasteiger partial charge on any atom is 0.256 e. The van der Waals surface area contributed by atoms with Crippen molar-refractivity contribution in [1.29, 1.82) is 0 Å². The van der Waals surface area contributed by atoms with Crippen molar-refractivity contribution >= 4 is 28.2 Å². The lowest BCUT2D eigenvalue weighted by molar-refractivity contribution is 0.0934. The standard InChI is InChI=1S/C23H26F3N3O2S/c1-21(2)10-12-15(19(31)28-23(5)6-7-23)20(32-17(12)22(3,4)29-21)27-18(30)11-8-13(24)16(26)14(25)9-11/h8-9,29H,6-7,10H2,1-5H3,(H,27,30)(H,28,31). The monoisotopic (exact) mass is 465 g/mol.